The summed E-state index contributed by atoms with van der Waals surface area (Å²) in [5.41, 5.74) is 0.378. The molecule has 0 heteroatoms. The van der Waals surface area contributed by atoms with Gasteiger partial charge in [-0.3, -0.25) is 0 Å². The maximum atomic E-state index is 3.91. The molecule has 0 aliphatic heterocycles. The summed E-state index contributed by atoms with van der Waals surface area (Å²) < 4.78 is 0. The topological polar surface area (TPSA) is 0 Å². The summed E-state index contributed by atoms with van der Waals surface area (Å²) >= 11 is 0. The molecule has 0 aliphatic rings. The smallest absolute Gasteiger partial charge is 0.0152 e. The molecule has 0 aliphatic carbocycles. The van der Waals surface area contributed by atoms with E-state index in [9.17, 15) is 0 Å². The Morgan fingerprint density at radius 2 is 2.00 bits per heavy atom. The first-order chi connectivity index (χ1) is 5.58. The first kappa shape index (κ1) is 11.7. The summed E-state index contributed by atoms with van der Waals surface area (Å²) in [6, 6.07) is 0. The van der Waals surface area contributed by atoms with Gasteiger partial charge in [-0.05, 0) is 30.6 Å². The van der Waals surface area contributed by atoms with E-state index in [4.69, 9.17) is 0 Å². The van der Waals surface area contributed by atoms with Crippen molar-refractivity contribution in [3.8, 4) is 0 Å². The van der Waals surface area contributed by atoms with E-state index >= 15 is 0 Å². The van der Waals surface area contributed by atoms with Crippen LogP contribution in [0.15, 0.2) is 12.7 Å². The second-order valence-electron chi connectivity index (χ2n) is 4.26. The highest BCUT2D eigenvalue weighted by Gasteiger charge is 2.17. The van der Waals surface area contributed by atoms with E-state index in [1.54, 1.807) is 0 Å². The highest BCUT2D eigenvalue weighted by molar-refractivity contribution is 4.90. The Bertz CT molecular complexity index is 126. The van der Waals surface area contributed by atoms with Gasteiger partial charge in [0.1, 0.15) is 0 Å². The van der Waals surface area contributed by atoms with Crippen molar-refractivity contribution in [1.29, 1.82) is 0 Å². The van der Waals surface area contributed by atoms with Crippen molar-refractivity contribution in [1.82, 2.24) is 0 Å². The lowest BCUT2D eigenvalue weighted by atomic mass is 9.81. The molecule has 0 radical (unpaired) electrons. The average molecular weight is 168 g/mol. The van der Waals surface area contributed by atoms with Crippen LogP contribution in [0, 0.1) is 11.3 Å². The van der Waals surface area contributed by atoms with E-state index in [1.165, 1.54) is 25.7 Å². The van der Waals surface area contributed by atoms with Crippen molar-refractivity contribution in [3.05, 3.63) is 12.7 Å². The minimum atomic E-state index is 0.378. The number of allylic oxidation sites excluding steroid dienone is 1. The lowest BCUT2D eigenvalue weighted by Gasteiger charge is -2.25. The van der Waals surface area contributed by atoms with Crippen LogP contribution in [-0.4, -0.2) is 0 Å². The van der Waals surface area contributed by atoms with Crippen LogP contribution in [0.1, 0.15) is 53.4 Å². The Balaban J connectivity index is 3.80. The average Bonchev–Trinajstić information content (AvgIpc) is 2.13. The maximum absolute atomic E-state index is 3.91. The predicted octanol–water partition coefficient (Wildman–Crippen LogP) is 4.42. The van der Waals surface area contributed by atoms with Crippen LogP contribution in [0.5, 0.6) is 0 Å². The predicted molar refractivity (Wildman–Crippen MR) is 57.3 cm³/mol. The normalized spacial score (nSPS) is 18.3. The molecule has 0 aromatic heterocycles. The van der Waals surface area contributed by atoms with Gasteiger partial charge in [0, 0.05) is 0 Å². The molecule has 0 nitrogen and oxygen atoms in total. The van der Waals surface area contributed by atoms with Crippen molar-refractivity contribution in [2.24, 2.45) is 11.3 Å². The number of hydrogen-bond donors (Lipinski definition) is 0. The molecular weight excluding hydrogens is 144 g/mol. The largest absolute Gasteiger partial charge is 0.103 e. The fraction of sp³-hybridized carbons (Fsp3) is 0.833. The van der Waals surface area contributed by atoms with Gasteiger partial charge in [0.05, 0.1) is 0 Å². The van der Waals surface area contributed by atoms with E-state index in [0.717, 1.165) is 5.92 Å². The monoisotopic (exact) mass is 168 g/mol. The Labute approximate surface area is 78.1 Å². The minimum absolute atomic E-state index is 0.378. The molecule has 0 saturated heterocycles. The maximum Gasteiger partial charge on any atom is -0.0152 e. The van der Waals surface area contributed by atoms with Gasteiger partial charge >= 0.3 is 0 Å². The Morgan fingerprint density at radius 3 is 2.33 bits per heavy atom. The minimum Gasteiger partial charge on any atom is -0.103 e. The lowest BCUT2D eigenvalue weighted by molar-refractivity contribution is 0.329. The molecule has 0 bridgehead atoms. The Morgan fingerprint density at radius 1 is 1.42 bits per heavy atom. The molecular formula is C12H24. The number of rotatable bonds is 6. The first-order valence-electron chi connectivity index (χ1n) is 5.21. The third kappa shape index (κ3) is 3.94. The van der Waals surface area contributed by atoms with E-state index in [0.29, 0.717) is 5.41 Å². The Hall–Kier alpha value is -0.260. The summed E-state index contributed by atoms with van der Waals surface area (Å²) in [6.45, 7) is 13.1. The highest BCUT2D eigenvalue weighted by Crippen LogP contribution is 2.30. The third-order valence-electron chi connectivity index (χ3n) is 3.21. The van der Waals surface area contributed by atoms with E-state index in [2.05, 4.69) is 40.3 Å². The zero-order chi connectivity index (χ0) is 9.61. The van der Waals surface area contributed by atoms with Gasteiger partial charge in [0.2, 0.25) is 0 Å². The van der Waals surface area contributed by atoms with E-state index in [1.807, 2.05) is 0 Å². The fourth-order valence-corrected chi connectivity index (χ4v) is 1.20. The van der Waals surface area contributed by atoms with Crippen LogP contribution in [0.2, 0.25) is 0 Å². The molecule has 0 rings (SSSR count). The quantitative estimate of drug-likeness (QED) is 0.515. The molecule has 2 atom stereocenters. The molecule has 72 valence electrons. The van der Waals surface area contributed by atoms with Gasteiger partial charge in [-0.15, -0.1) is 6.58 Å². The van der Waals surface area contributed by atoms with Crippen molar-refractivity contribution in [2.75, 3.05) is 0 Å². The molecule has 12 heavy (non-hydrogen) atoms. The molecule has 0 N–H and O–H groups in total. The van der Waals surface area contributed by atoms with Gasteiger partial charge < -0.3 is 0 Å². The van der Waals surface area contributed by atoms with Crippen LogP contribution in [-0.2, 0) is 0 Å². The second kappa shape index (κ2) is 5.40. The molecule has 0 fully saturated rings. The summed E-state index contributed by atoms with van der Waals surface area (Å²) in [7, 11) is 0. The zero-order valence-electron chi connectivity index (χ0n) is 9.19. The van der Waals surface area contributed by atoms with Gasteiger partial charge in [-0.2, -0.15) is 0 Å². The highest BCUT2D eigenvalue weighted by atomic mass is 14.2. The van der Waals surface area contributed by atoms with Crippen LogP contribution >= 0.6 is 0 Å². The van der Waals surface area contributed by atoms with E-state index < -0.39 is 0 Å². The van der Waals surface area contributed by atoms with Crippen molar-refractivity contribution < 1.29 is 0 Å². The summed E-state index contributed by atoms with van der Waals surface area (Å²) in [5.74, 6) is 0.871. The SMILES string of the molecule is C=CC(C)(CC)CCC(C)CC. The van der Waals surface area contributed by atoms with Gasteiger partial charge in [0.25, 0.3) is 0 Å². The summed E-state index contributed by atoms with van der Waals surface area (Å²) in [5, 5.41) is 0. The van der Waals surface area contributed by atoms with Crippen molar-refractivity contribution in [2.45, 2.75) is 53.4 Å². The summed E-state index contributed by atoms with van der Waals surface area (Å²) in [6.07, 6.45) is 7.27. The second-order valence-corrected chi connectivity index (χ2v) is 4.26. The van der Waals surface area contributed by atoms with E-state index in [-0.39, 0.29) is 0 Å². The van der Waals surface area contributed by atoms with Gasteiger partial charge in [-0.25, -0.2) is 0 Å². The van der Waals surface area contributed by atoms with Gasteiger partial charge in [-0.1, -0.05) is 40.2 Å². The fourth-order valence-electron chi connectivity index (χ4n) is 1.20. The van der Waals surface area contributed by atoms with Crippen LogP contribution in [0.25, 0.3) is 0 Å². The molecule has 0 saturated carbocycles. The summed E-state index contributed by atoms with van der Waals surface area (Å²) in [4.78, 5) is 0. The molecule has 0 heterocycles. The third-order valence-corrected chi connectivity index (χ3v) is 3.21. The first-order valence-corrected chi connectivity index (χ1v) is 5.21. The van der Waals surface area contributed by atoms with Crippen LogP contribution in [0.3, 0.4) is 0 Å². The van der Waals surface area contributed by atoms with Crippen molar-refractivity contribution in [3.63, 3.8) is 0 Å². The Kier molecular flexibility index (Phi) is 5.28. The van der Waals surface area contributed by atoms with Crippen LogP contribution < -0.4 is 0 Å². The molecule has 0 amide bonds. The van der Waals surface area contributed by atoms with Gasteiger partial charge in [0.15, 0.2) is 0 Å². The lowest BCUT2D eigenvalue weighted by Crippen LogP contribution is -2.12. The molecule has 0 aromatic rings. The standard InChI is InChI=1S/C12H24/c1-6-11(4)9-10-12(5,7-2)8-3/h7,11H,2,6,8-10H2,1,3-5H3. The molecule has 0 aromatic carbocycles. The van der Waals surface area contributed by atoms with Crippen molar-refractivity contribution >= 4 is 0 Å². The molecule has 2 unspecified atom stereocenters. The number of hydrogen-bond acceptors (Lipinski definition) is 0. The zero-order valence-corrected chi connectivity index (χ0v) is 9.19. The van der Waals surface area contributed by atoms with Crippen LogP contribution in [0.4, 0.5) is 0 Å². The molecule has 0 spiro atoms.